The molecule has 1 N–H and O–H groups in total. The highest BCUT2D eigenvalue weighted by Crippen LogP contribution is 2.20. The van der Waals surface area contributed by atoms with Crippen molar-refractivity contribution in [1.29, 1.82) is 5.26 Å². The molecule has 1 rings (SSSR count). The molecule has 0 bridgehead atoms. The third-order valence-electron chi connectivity index (χ3n) is 2.49. The van der Waals surface area contributed by atoms with Crippen LogP contribution in [0.4, 0.5) is 0 Å². The first-order valence-corrected chi connectivity index (χ1v) is 5.34. The van der Waals surface area contributed by atoms with E-state index < -0.39 is 12.2 Å². The second-order valence-corrected chi connectivity index (χ2v) is 4.01. The van der Waals surface area contributed by atoms with Gasteiger partial charge < -0.3 is 9.84 Å². The average Bonchev–Trinajstić information content (AvgIpc) is 2.25. The number of aryl methyl sites for hydroxylation is 1. The molecule has 3 nitrogen and oxygen atoms in total. The SMILES string of the molecule is Cc1cccc(C(C#N)OC(C)C(C)O)c1. The molecule has 0 spiro atoms. The Bertz CT molecular complexity index is 382. The normalized spacial score (nSPS) is 16.2. The van der Waals surface area contributed by atoms with E-state index in [9.17, 15) is 5.11 Å². The molecule has 0 amide bonds. The third-order valence-corrected chi connectivity index (χ3v) is 2.49. The summed E-state index contributed by atoms with van der Waals surface area (Å²) in [5, 5.41) is 18.4. The van der Waals surface area contributed by atoms with Gasteiger partial charge in [-0.25, -0.2) is 0 Å². The Kier molecular flexibility index (Phi) is 4.48. The van der Waals surface area contributed by atoms with Crippen molar-refractivity contribution in [3.63, 3.8) is 0 Å². The Morgan fingerprint density at radius 1 is 1.38 bits per heavy atom. The van der Waals surface area contributed by atoms with Crippen molar-refractivity contribution in [3.8, 4) is 6.07 Å². The lowest BCUT2D eigenvalue weighted by Gasteiger charge is -2.19. The molecule has 0 aliphatic carbocycles. The van der Waals surface area contributed by atoms with Gasteiger partial charge in [-0.3, -0.25) is 0 Å². The van der Waals surface area contributed by atoms with Crippen molar-refractivity contribution in [3.05, 3.63) is 35.4 Å². The largest absolute Gasteiger partial charge is 0.391 e. The van der Waals surface area contributed by atoms with Crippen LogP contribution in [0, 0.1) is 18.3 Å². The van der Waals surface area contributed by atoms with Gasteiger partial charge in [-0.1, -0.05) is 29.8 Å². The van der Waals surface area contributed by atoms with Crippen molar-refractivity contribution in [2.24, 2.45) is 0 Å². The van der Waals surface area contributed by atoms with Crippen molar-refractivity contribution >= 4 is 0 Å². The van der Waals surface area contributed by atoms with Crippen LogP contribution in [0.15, 0.2) is 24.3 Å². The number of benzene rings is 1. The third kappa shape index (κ3) is 3.34. The minimum absolute atomic E-state index is 0.356. The number of aliphatic hydroxyl groups is 1. The van der Waals surface area contributed by atoms with Crippen LogP contribution in [0.25, 0.3) is 0 Å². The zero-order valence-corrected chi connectivity index (χ0v) is 9.84. The lowest BCUT2D eigenvalue weighted by molar-refractivity contribution is -0.0426. The van der Waals surface area contributed by atoms with Gasteiger partial charge in [0.05, 0.1) is 18.3 Å². The quantitative estimate of drug-likeness (QED) is 0.845. The molecule has 0 saturated carbocycles. The summed E-state index contributed by atoms with van der Waals surface area (Å²) in [4.78, 5) is 0. The van der Waals surface area contributed by atoms with E-state index in [0.717, 1.165) is 11.1 Å². The van der Waals surface area contributed by atoms with E-state index >= 15 is 0 Å². The van der Waals surface area contributed by atoms with E-state index in [-0.39, 0.29) is 6.10 Å². The van der Waals surface area contributed by atoms with Crippen LogP contribution in [0.2, 0.25) is 0 Å². The van der Waals surface area contributed by atoms with Crippen LogP contribution in [-0.2, 0) is 4.74 Å². The van der Waals surface area contributed by atoms with Crippen molar-refractivity contribution < 1.29 is 9.84 Å². The van der Waals surface area contributed by atoms with Gasteiger partial charge in [0.25, 0.3) is 0 Å². The molecule has 1 aromatic rings. The van der Waals surface area contributed by atoms with Gasteiger partial charge >= 0.3 is 0 Å². The molecular weight excluding hydrogens is 202 g/mol. The fourth-order valence-electron chi connectivity index (χ4n) is 1.35. The summed E-state index contributed by atoms with van der Waals surface area (Å²) in [5.74, 6) is 0. The molecule has 3 heteroatoms. The zero-order valence-electron chi connectivity index (χ0n) is 9.84. The van der Waals surface area contributed by atoms with E-state index in [4.69, 9.17) is 10.00 Å². The minimum atomic E-state index is -0.621. The molecule has 3 atom stereocenters. The molecular formula is C13H17NO2. The van der Waals surface area contributed by atoms with Gasteiger partial charge in [0.1, 0.15) is 0 Å². The van der Waals surface area contributed by atoms with Crippen LogP contribution in [0.3, 0.4) is 0 Å². The lowest BCUT2D eigenvalue weighted by Crippen LogP contribution is -2.24. The molecule has 86 valence electrons. The lowest BCUT2D eigenvalue weighted by atomic mass is 10.1. The summed E-state index contributed by atoms with van der Waals surface area (Å²) in [6, 6.07) is 9.74. The predicted octanol–water partition coefficient (Wildman–Crippen LogP) is 2.35. The zero-order chi connectivity index (χ0) is 12.1. The minimum Gasteiger partial charge on any atom is -0.391 e. The first-order chi connectivity index (χ1) is 7.54. The van der Waals surface area contributed by atoms with Crippen LogP contribution in [-0.4, -0.2) is 17.3 Å². The van der Waals surface area contributed by atoms with Crippen LogP contribution in [0.1, 0.15) is 31.1 Å². The van der Waals surface area contributed by atoms with Gasteiger partial charge in [0.15, 0.2) is 6.10 Å². The van der Waals surface area contributed by atoms with Crippen molar-refractivity contribution in [1.82, 2.24) is 0 Å². The summed E-state index contributed by atoms with van der Waals surface area (Å²) >= 11 is 0. The summed E-state index contributed by atoms with van der Waals surface area (Å²) in [6.45, 7) is 5.37. The highest BCUT2D eigenvalue weighted by Gasteiger charge is 2.17. The van der Waals surface area contributed by atoms with Crippen molar-refractivity contribution in [2.75, 3.05) is 0 Å². The standard InChI is InChI=1S/C13H17NO2/c1-9-5-4-6-12(7-9)13(8-14)16-11(3)10(2)15/h4-7,10-11,13,15H,1-3H3. The molecule has 0 aromatic heterocycles. The van der Waals surface area contributed by atoms with E-state index in [1.165, 1.54) is 0 Å². The molecule has 0 heterocycles. The second kappa shape index (κ2) is 5.64. The highest BCUT2D eigenvalue weighted by molar-refractivity contribution is 5.27. The molecule has 0 aliphatic heterocycles. The first-order valence-electron chi connectivity index (χ1n) is 5.34. The number of aliphatic hydroxyl groups excluding tert-OH is 1. The molecule has 0 fully saturated rings. The number of hydrogen-bond donors (Lipinski definition) is 1. The molecule has 0 radical (unpaired) electrons. The highest BCUT2D eigenvalue weighted by atomic mass is 16.5. The van der Waals surface area contributed by atoms with Gasteiger partial charge in [0.2, 0.25) is 0 Å². The van der Waals surface area contributed by atoms with Gasteiger partial charge in [-0.15, -0.1) is 0 Å². The van der Waals surface area contributed by atoms with E-state index in [2.05, 4.69) is 6.07 Å². The fraction of sp³-hybridized carbons (Fsp3) is 0.462. The topological polar surface area (TPSA) is 53.2 Å². The summed E-state index contributed by atoms with van der Waals surface area (Å²) in [5.41, 5.74) is 1.92. The van der Waals surface area contributed by atoms with E-state index in [1.54, 1.807) is 13.8 Å². The maximum Gasteiger partial charge on any atom is 0.169 e. The molecule has 16 heavy (non-hydrogen) atoms. The number of ether oxygens (including phenoxy) is 1. The summed E-state index contributed by atoms with van der Waals surface area (Å²) in [7, 11) is 0. The summed E-state index contributed by atoms with van der Waals surface area (Å²) < 4.78 is 5.49. The molecule has 0 saturated heterocycles. The first kappa shape index (κ1) is 12.7. The molecule has 0 aliphatic rings. The fourth-order valence-corrected chi connectivity index (χ4v) is 1.35. The number of hydrogen-bond acceptors (Lipinski definition) is 3. The molecule has 3 unspecified atom stereocenters. The average molecular weight is 219 g/mol. The molecule has 1 aromatic carbocycles. The predicted molar refractivity (Wildman–Crippen MR) is 61.8 cm³/mol. The Balaban J connectivity index is 2.80. The maximum absolute atomic E-state index is 9.33. The maximum atomic E-state index is 9.33. The summed E-state index contributed by atoms with van der Waals surface area (Å²) in [6.07, 6.45) is -1.56. The Hall–Kier alpha value is -1.37. The monoisotopic (exact) mass is 219 g/mol. The second-order valence-electron chi connectivity index (χ2n) is 4.01. The Morgan fingerprint density at radius 2 is 2.06 bits per heavy atom. The van der Waals surface area contributed by atoms with Crippen molar-refractivity contribution in [2.45, 2.75) is 39.1 Å². The number of nitriles is 1. The number of nitrogens with zero attached hydrogens (tertiary/aromatic N) is 1. The Morgan fingerprint density at radius 3 is 2.56 bits per heavy atom. The smallest absolute Gasteiger partial charge is 0.169 e. The number of rotatable bonds is 4. The van der Waals surface area contributed by atoms with Crippen LogP contribution in [0.5, 0.6) is 0 Å². The van der Waals surface area contributed by atoms with Gasteiger partial charge in [0, 0.05) is 0 Å². The van der Waals surface area contributed by atoms with Crippen LogP contribution >= 0.6 is 0 Å². The van der Waals surface area contributed by atoms with E-state index in [0.29, 0.717) is 0 Å². The van der Waals surface area contributed by atoms with Gasteiger partial charge in [-0.2, -0.15) is 5.26 Å². The Labute approximate surface area is 96.3 Å². The van der Waals surface area contributed by atoms with E-state index in [1.807, 2.05) is 31.2 Å². The van der Waals surface area contributed by atoms with Gasteiger partial charge in [-0.05, 0) is 26.3 Å². The van der Waals surface area contributed by atoms with Crippen LogP contribution < -0.4 is 0 Å².